The summed E-state index contributed by atoms with van der Waals surface area (Å²) in [7, 11) is 0. The molecule has 0 aliphatic heterocycles. The molecule has 0 saturated heterocycles. The van der Waals surface area contributed by atoms with Gasteiger partial charge in [0, 0.05) is 30.0 Å². The number of carbonyl (C=O) groups is 2. The summed E-state index contributed by atoms with van der Waals surface area (Å²) in [6.45, 7) is 5.21. The minimum Gasteiger partial charge on any atom is -0.339 e. The summed E-state index contributed by atoms with van der Waals surface area (Å²) in [4.78, 5) is 28.7. The predicted molar refractivity (Wildman–Crippen MR) is 102 cm³/mol. The highest BCUT2D eigenvalue weighted by atomic mass is 32.1. The van der Waals surface area contributed by atoms with Gasteiger partial charge in [0.1, 0.15) is 11.6 Å². The van der Waals surface area contributed by atoms with Gasteiger partial charge in [0.05, 0.1) is 10.6 Å². The molecule has 1 aliphatic rings. The monoisotopic (exact) mass is 392 g/mol. The van der Waals surface area contributed by atoms with E-state index in [2.05, 4.69) is 5.32 Å². The van der Waals surface area contributed by atoms with Crippen molar-refractivity contribution in [1.29, 1.82) is 0 Å². The molecule has 0 bridgehead atoms. The average molecular weight is 392 g/mol. The number of carbonyl (C=O) groups excluding carboxylic acids is 2. The number of rotatable bonds is 5. The molecule has 0 unspecified atom stereocenters. The van der Waals surface area contributed by atoms with Crippen LogP contribution in [0.25, 0.3) is 0 Å². The molecule has 3 rings (SSSR count). The number of amides is 2. The molecule has 1 aromatic carbocycles. The summed E-state index contributed by atoms with van der Waals surface area (Å²) in [5, 5.41) is 2.55. The van der Waals surface area contributed by atoms with E-state index in [0.29, 0.717) is 30.8 Å². The molecular weight excluding hydrogens is 370 g/mol. The molecule has 1 atom stereocenters. The van der Waals surface area contributed by atoms with Crippen molar-refractivity contribution in [3.63, 3.8) is 0 Å². The van der Waals surface area contributed by atoms with Crippen LogP contribution in [0.1, 0.15) is 40.4 Å². The van der Waals surface area contributed by atoms with Gasteiger partial charge < -0.3 is 10.2 Å². The van der Waals surface area contributed by atoms with Crippen LogP contribution in [0.4, 0.5) is 14.5 Å². The molecule has 144 valence electrons. The number of aryl methyl sites for hydroxylation is 1. The predicted octanol–water partition coefficient (Wildman–Crippen LogP) is 4.25. The molecule has 0 saturated carbocycles. The highest BCUT2D eigenvalue weighted by Crippen LogP contribution is 2.33. The van der Waals surface area contributed by atoms with Crippen molar-refractivity contribution < 1.29 is 18.4 Å². The lowest BCUT2D eigenvalue weighted by Gasteiger charge is -2.21. The Hall–Kier alpha value is -2.28. The Morgan fingerprint density at radius 1 is 1.22 bits per heavy atom. The van der Waals surface area contributed by atoms with E-state index in [1.807, 2.05) is 19.9 Å². The van der Waals surface area contributed by atoms with E-state index in [1.54, 1.807) is 4.90 Å². The van der Waals surface area contributed by atoms with Crippen LogP contribution in [0.3, 0.4) is 0 Å². The Kier molecular flexibility index (Phi) is 5.89. The smallest absolute Gasteiger partial charge is 0.263 e. The van der Waals surface area contributed by atoms with Crippen molar-refractivity contribution in [1.82, 2.24) is 4.90 Å². The van der Waals surface area contributed by atoms with Gasteiger partial charge in [-0.3, -0.25) is 9.59 Å². The molecular formula is C20H22F2N2O2S. The van der Waals surface area contributed by atoms with E-state index in [-0.39, 0.29) is 23.4 Å². The van der Waals surface area contributed by atoms with Gasteiger partial charge in [0.2, 0.25) is 5.91 Å². The van der Waals surface area contributed by atoms with Gasteiger partial charge in [0.25, 0.3) is 5.91 Å². The normalized spacial score (nSPS) is 15.9. The van der Waals surface area contributed by atoms with Crippen LogP contribution >= 0.6 is 11.3 Å². The number of fused-ring (bicyclic) bond motifs is 1. The van der Waals surface area contributed by atoms with Crippen molar-refractivity contribution in [3.8, 4) is 0 Å². The van der Waals surface area contributed by atoms with Crippen molar-refractivity contribution >= 4 is 28.8 Å². The molecule has 1 aliphatic carbocycles. The van der Waals surface area contributed by atoms with Gasteiger partial charge in [-0.2, -0.15) is 0 Å². The van der Waals surface area contributed by atoms with E-state index in [9.17, 15) is 18.4 Å². The molecule has 0 fully saturated rings. The molecule has 2 aromatic rings. The van der Waals surface area contributed by atoms with Crippen molar-refractivity contribution in [2.75, 3.05) is 18.4 Å². The van der Waals surface area contributed by atoms with Crippen molar-refractivity contribution in [3.05, 3.63) is 51.2 Å². The Morgan fingerprint density at radius 3 is 2.63 bits per heavy atom. The highest BCUT2D eigenvalue weighted by Gasteiger charge is 2.28. The first kappa shape index (κ1) is 19.5. The van der Waals surface area contributed by atoms with Crippen LogP contribution in [0, 0.1) is 17.6 Å². The Balaban J connectivity index is 1.70. The fourth-order valence-corrected chi connectivity index (χ4v) is 4.52. The number of benzene rings is 1. The maximum atomic E-state index is 13.8. The average Bonchev–Trinajstić information content (AvgIpc) is 3.08. The number of anilines is 1. The highest BCUT2D eigenvalue weighted by molar-refractivity contribution is 7.14. The largest absolute Gasteiger partial charge is 0.339 e. The SMILES string of the molecule is CCN(CC)C(=O)c1cc2c(s1)CC[C@@H](C(=O)Nc1ccc(F)cc1F)C2. The minimum atomic E-state index is -0.789. The second-order valence-corrected chi connectivity index (χ2v) is 7.73. The second-order valence-electron chi connectivity index (χ2n) is 6.59. The molecule has 2 amide bonds. The maximum Gasteiger partial charge on any atom is 0.263 e. The first-order chi connectivity index (χ1) is 12.9. The molecule has 1 heterocycles. The topological polar surface area (TPSA) is 49.4 Å². The summed E-state index contributed by atoms with van der Waals surface area (Å²) >= 11 is 1.50. The van der Waals surface area contributed by atoms with E-state index in [1.165, 1.54) is 17.4 Å². The van der Waals surface area contributed by atoms with Crippen LogP contribution in [-0.2, 0) is 17.6 Å². The molecule has 1 N–H and O–H groups in total. The van der Waals surface area contributed by atoms with Gasteiger partial charge >= 0.3 is 0 Å². The van der Waals surface area contributed by atoms with Crippen molar-refractivity contribution in [2.24, 2.45) is 5.92 Å². The fourth-order valence-electron chi connectivity index (χ4n) is 3.35. The summed E-state index contributed by atoms with van der Waals surface area (Å²) in [6.07, 6.45) is 1.88. The number of halogens is 2. The van der Waals surface area contributed by atoms with Crippen LogP contribution in [0.15, 0.2) is 24.3 Å². The fraction of sp³-hybridized carbons (Fsp3) is 0.400. The van der Waals surface area contributed by atoms with Gasteiger partial charge in [-0.15, -0.1) is 11.3 Å². The Morgan fingerprint density at radius 2 is 1.96 bits per heavy atom. The maximum absolute atomic E-state index is 13.8. The van der Waals surface area contributed by atoms with E-state index in [4.69, 9.17) is 0 Å². The lowest BCUT2D eigenvalue weighted by molar-refractivity contribution is -0.120. The number of hydrogen-bond donors (Lipinski definition) is 1. The quantitative estimate of drug-likeness (QED) is 0.827. The number of nitrogens with zero attached hydrogens (tertiary/aromatic N) is 1. The van der Waals surface area contributed by atoms with E-state index < -0.39 is 11.6 Å². The van der Waals surface area contributed by atoms with E-state index >= 15 is 0 Å². The van der Waals surface area contributed by atoms with Crippen LogP contribution < -0.4 is 5.32 Å². The molecule has 7 heteroatoms. The third kappa shape index (κ3) is 4.18. The number of nitrogens with one attached hydrogen (secondary N) is 1. The van der Waals surface area contributed by atoms with Crippen LogP contribution in [-0.4, -0.2) is 29.8 Å². The van der Waals surface area contributed by atoms with Gasteiger partial charge in [-0.1, -0.05) is 0 Å². The van der Waals surface area contributed by atoms with Gasteiger partial charge in [-0.05, 0) is 56.9 Å². The van der Waals surface area contributed by atoms with Gasteiger partial charge in [0.15, 0.2) is 0 Å². The first-order valence-electron chi connectivity index (χ1n) is 9.09. The molecule has 4 nitrogen and oxygen atoms in total. The second kappa shape index (κ2) is 8.17. The Bertz CT molecular complexity index is 862. The van der Waals surface area contributed by atoms with Crippen LogP contribution in [0.5, 0.6) is 0 Å². The summed E-state index contributed by atoms with van der Waals surface area (Å²) in [5.41, 5.74) is 0.997. The van der Waals surface area contributed by atoms with Crippen LogP contribution in [0.2, 0.25) is 0 Å². The molecule has 27 heavy (non-hydrogen) atoms. The summed E-state index contributed by atoms with van der Waals surface area (Å²) in [5.74, 6) is -2.03. The lowest BCUT2D eigenvalue weighted by atomic mass is 9.87. The molecule has 0 spiro atoms. The zero-order chi connectivity index (χ0) is 19.6. The number of hydrogen-bond acceptors (Lipinski definition) is 3. The zero-order valence-electron chi connectivity index (χ0n) is 15.4. The third-order valence-electron chi connectivity index (χ3n) is 4.90. The van der Waals surface area contributed by atoms with Crippen molar-refractivity contribution in [2.45, 2.75) is 33.1 Å². The van der Waals surface area contributed by atoms with E-state index in [0.717, 1.165) is 29.0 Å². The molecule has 0 radical (unpaired) electrons. The standard InChI is InChI=1S/C20H22F2N2O2S/c1-3-24(4-2)20(26)18-10-13-9-12(5-8-17(13)27-18)19(25)23-16-7-6-14(21)11-15(16)22/h6-7,10-12H,3-5,8-9H2,1-2H3,(H,23,25)/t12-/m1/s1. The summed E-state index contributed by atoms with van der Waals surface area (Å²) in [6, 6.07) is 4.97. The summed E-state index contributed by atoms with van der Waals surface area (Å²) < 4.78 is 26.8. The number of thiophene rings is 1. The minimum absolute atomic E-state index is 0.0186. The van der Waals surface area contributed by atoms with Gasteiger partial charge in [-0.25, -0.2) is 8.78 Å². The third-order valence-corrected chi connectivity index (χ3v) is 6.13. The molecule has 1 aromatic heterocycles. The first-order valence-corrected chi connectivity index (χ1v) is 9.91. The Labute approximate surface area is 161 Å². The zero-order valence-corrected chi connectivity index (χ0v) is 16.2. The lowest BCUT2D eigenvalue weighted by Crippen LogP contribution is -2.29.